The van der Waals surface area contributed by atoms with Crippen LogP contribution in [0.3, 0.4) is 0 Å². The van der Waals surface area contributed by atoms with E-state index in [1.54, 1.807) is 7.11 Å². The molecule has 108 valence electrons. The SMILES string of the molecule is CCn1ncc2ccc(NC(=O)CC(CN)OC)cc21. The van der Waals surface area contributed by atoms with Gasteiger partial charge in [-0.2, -0.15) is 5.10 Å². The molecule has 1 aromatic carbocycles. The number of anilines is 1. The molecule has 1 aromatic heterocycles. The molecule has 20 heavy (non-hydrogen) atoms. The van der Waals surface area contributed by atoms with Crippen molar-refractivity contribution in [2.75, 3.05) is 19.0 Å². The van der Waals surface area contributed by atoms with Gasteiger partial charge in [-0.15, -0.1) is 0 Å². The van der Waals surface area contributed by atoms with Gasteiger partial charge in [0, 0.05) is 31.3 Å². The lowest BCUT2D eigenvalue weighted by Crippen LogP contribution is -2.28. The Morgan fingerprint density at radius 1 is 1.55 bits per heavy atom. The number of carbonyl (C=O) groups is 1. The first-order valence-electron chi connectivity index (χ1n) is 6.66. The Balaban J connectivity index is 2.11. The van der Waals surface area contributed by atoms with Crippen LogP contribution in [-0.2, 0) is 16.1 Å². The molecule has 0 aliphatic carbocycles. The number of methoxy groups -OCH3 is 1. The maximum Gasteiger partial charge on any atom is 0.227 e. The standard InChI is InChI=1S/C14H20N4O2/c1-3-18-13-6-11(5-4-10(13)9-16-18)17-14(19)7-12(8-15)20-2/h4-6,9,12H,3,7-8,15H2,1-2H3,(H,17,19). The molecule has 3 N–H and O–H groups in total. The molecule has 2 rings (SSSR count). The van der Waals surface area contributed by atoms with Crippen molar-refractivity contribution in [3.63, 3.8) is 0 Å². The highest BCUT2D eigenvalue weighted by atomic mass is 16.5. The summed E-state index contributed by atoms with van der Waals surface area (Å²) >= 11 is 0. The molecule has 0 aliphatic heterocycles. The zero-order valence-electron chi connectivity index (χ0n) is 11.8. The van der Waals surface area contributed by atoms with Gasteiger partial charge in [0.1, 0.15) is 0 Å². The molecule has 0 saturated carbocycles. The van der Waals surface area contributed by atoms with E-state index in [0.29, 0.717) is 6.54 Å². The fourth-order valence-corrected chi connectivity index (χ4v) is 2.08. The summed E-state index contributed by atoms with van der Waals surface area (Å²) in [5.41, 5.74) is 7.27. The lowest BCUT2D eigenvalue weighted by atomic mass is 10.2. The molecule has 0 radical (unpaired) electrons. The minimum atomic E-state index is -0.250. The molecule has 6 nitrogen and oxygen atoms in total. The Kier molecular flexibility index (Phi) is 4.70. The van der Waals surface area contributed by atoms with Crippen LogP contribution in [-0.4, -0.2) is 35.4 Å². The van der Waals surface area contributed by atoms with Crippen molar-refractivity contribution in [3.8, 4) is 0 Å². The average Bonchev–Trinajstić information content (AvgIpc) is 2.87. The fraction of sp³-hybridized carbons (Fsp3) is 0.429. The van der Waals surface area contributed by atoms with Crippen molar-refractivity contribution < 1.29 is 9.53 Å². The number of aromatic nitrogens is 2. The van der Waals surface area contributed by atoms with Crippen LogP contribution >= 0.6 is 0 Å². The predicted octanol–water partition coefficient (Wildman–Crippen LogP) is 1.36. The molecular formula is C14H20N4O2. The van der Waals surface area contributed by atoms with Crippen LogP contribution in [0.4, 0.5) is 5.69 Å². The quantitative estimate of drug-likeness (QED) is 0.834. The van der Waals surface area contributed by atoms with Crippen molar-refractivity contribution >= 4 is 22.5 Å². The molecule has 1 heterocycles. The van der Waals surface area contributed by atoms with Gasteiger partial charge in [0.15, 0.2) is 0 Å². The van der Waals surface area contributed by atoms with Gasteiger partial charge >= 0.3 is 0 Å². The number of rotatable bonds is 6. The number of hydrogen-bond acceptors (Lipinski definition) is 4. The van der Waals surface area contributed by atoms with Gasteiger partial charge < -0.3 is 15.8 Å². The monoisotopic (exact) mass is 276 g/mol. The van der Waals surface area contributed by atoms with Crippen LogP contribution in [0.1, 0.15) is 13.3 Å². The maximum absolute atomic E-state index is 11.9. The van der Waals surface area contributed by atoms with E-state index in [1.165, 1.54) is 0 Å². The fourth-order valence-electron chi connectivity index (χ4n) is 2.08. The number of ether oxygens (including phenoxy) is 1. The second kappa shape index (κ2) is 6.49. The first-order chi connectivity index (χ1) is 9.67. The molecule has 1 unspecified atom stereocenters. The average molecular weight is 276 g/mol. The smallest absolute Gasteiger partial charge is 0.227 e. The summed E-state index contributed by atoms with van der Waals surface area (Å²) in [4.78, 5) is 11.9. The Hall–Kier alpha value is -1.92. The lowest BCUT2D eigenvalue weighted by molar-refractivity contribution is -0.118. The van der Waals surface area contributed by atoms with E-state index in [9.17, 15) is 4.79 Å². The second-order valence-corrected chi connectivity index (χ2v) is 4.58. The number of benzene rings is 1. The number of hydrogen-bond donors (Lipinski definition) is 2. The van der Waals surface area contributed by atoms with Crippen molar-refractivity contribution in [3.05, 3.63) is 24.4 Å². The van der Waals surface area contributed by atoms with Crippen LogP contribution in [0.5, 0.6) is 0 Å². The number of nitrogens with one attached hydrogen (secondary N) is 1. The molecule has 1 amide bonds. The number of nitrogens with two attached hydrogens (primary N) is 1. The van der Waals surface area contributed by atoms with Crippen LogP contribution < -0.4 is 11.1 Å². The molecule has 0 bridgehead atoms. The van der Waals surface area contributed by atoms with Crippen molar-refractivity contribution in [1.82, 2.24) is 9.78 Å². The summed E-state index contributed by atoms with van der Waals surface area (Å²) in [6, 6.07) is 5.74. The largest absolute Gasteiger partial charge is 0.380 e. The zero-order valence-corrected chi connectivity index (χ0v) is 11.8. The lowest BCUT2D eigenvalue weighted by Gasteiger charge is -2.12. The minimum Gasteiger partial charge on any atom is -0.380 e. The van der Waals surface area contributed by atoms with Crippen LogP contribution in [0.2, 0.25) is 0 Å². The Morgan fingerprint density at radius 3 is 3.00 bits per heavy atom. The van der Waals surface area contributed by atoms with Crippen LogP contribution in [0.25, 0.3) is 10.9 Å². The Morgan fingerprint density at radius 2 is 2.35 bits per heavy atom. The van der Waals surface area contributed by atoms with Crippen molar-refractivity contribution in [2.24, 2.45) is 5.73 Å². The van der Waals surface area contributed by atoms with Gasteiger partial charge in [0.2, 0.25) is 5.91 Å². The third-order valence-electron chi connectivity index (χ3n) is 3.24. The molecule has 2 aromatic rings. The van der Waals surface area contributed by atoms with Crippen molar-refractivity contribution in [2.45, 2.75) is 26.0 Å². The van der Waals surface area contributed by atoms with Crippen LogP contribution in [0.15, 0.2) is 24.4 Å². The van der Waals surface area contributed by atoms with E-state index in [4.69, 9.17) is 10.5 Å². The van der Waals surface area contributed by atoms with E-state index < -0.39 is 0 Å². The molecule has 0 saturated heterocycles. The Bertz CT molecular complexity index is 590. The predicted molar refractivity (Wildman–Crippen MR) is 78.5 cm³/mol. The summed E-state index contributed by atoms with van der Waals surface area (Å²) in [5, 5.41) is 8.19. The van der Waals surface area contributed by atoms with Gasteiger partial charge in [-0.25, -0.2) is 0 Å². The number of carbonyl (C=O) groups excluding carboxylic acids is 1. The highest BCUT2D eigenvalue weighted by Gasteiger charge is 2.12. The van der Waals surface area contributed by atoms with Crippen molar-refractivity contribution in [1.29, 1.82) is 0 Å². The van der Waals surface area contributed by atoms with Gasteiger partial charge in [0.05, 0.1) is 24.2 Å². The maximum atomic E-state index is 11.9. The second-order valence-electron chi connectivity index (χ2n) is 4.58. The van der Waals surface area contributed by atoms with Gasteiger partial charge in [-0.1, -0.05) is 0 Å². The zero-order chi connectivity index (χ0) is 14.5. The van der Waals surface area contributed by atoms with Crippen LogP contribution in [0, 0.1) is 0 Å². The first kappa shape index (κ1) is 14.5. The summed E-state index contributed by atoms with van der Waals surface area (Å²) < 4.78 is 6.99. The summed E-state index contributed by atoms with van der Waals surface area (Å²) in [7, 11) is 1.55. The molecule has 0 fully saturated rings. The highest BCUT2D eigenvalue weighted by Crippen LogP contribution is 2.19. The molecule has 6 heteroatoms. The molecule has 0 spiro atoms. The highest BCUT2D eigenvalue weighted by molar-refractivity contribution is 5.93. The third kappa shape index (κ3) is 3.15. The summed E-state index contributed by atoms with van der Waals surface area (Å²) in [5.74, 6) is -0.107. The normalized spacial score (nSPS) is 12.6. The number of aryl methyl sites for hydroxylation is 1. The first-order valence-corrected chi connectivity index (χ1v) is 6.66. The topological polar surface area (TPSA) is 82.2 Å². The molecule has 0 aliphatic rings. The van der Waals surface area contributed by atoms with E-state index in [2.05, 4.69) is 10.4 Å². The van der Waals surface area contributed by atoms with Gasteiger partial charge in [-0.3, -0.25) is 9.48 Å². The minimum absolute atomic E-state index is 0.107. The Labute approximate surface area is 117 Å². The summed E-state index contributed by atoms with van der Waals surface area (Å²) in [6.45, 7) is 3.15. The van der Waals surface area contributed by atoms with E-state index >= 15 is 0 Å². The van der Waals surface area contributed by atoms with Gasteiger partial charge in [-0.05, 0) is 25.1 Å². The van der Waals surface area contributed by atoms with E-state index in [1.807, 2.05) is 36.0 Å². The number of fused-ring (bicyclic) bond motifs is 1. The number of amides is 1. The van der Waals surface area contributed by atoms with E-state index in [0.717, 1.165) is 23.1 Å². The number of nitrogens with zero attached hydrogens (tertiary/aromatic N) is 2. The molecule has 1 atom stereocenters. The van der Waals surface area contributed by atoms with E-state index in [-0.39, 0.29) is 18.4 Å². The summed E-state index contributed by atoms with van der Waals surface area (Å²) in [6.07, 6.45) is 1.82. The van der Waals surface area contributed by atoms with Gasteiger partial charge in [0.25, 0.3) is 0 Å². The third-order valence-corrected chi connectivity index (χ3v) is 3.24. The molecular weight excluding hydrogens is 256 g/mol.